The number of hydrogen-bond acceptors (Lipinski definition) is 6. The maximum Gasteiger partial charge on any atom is 0.295 e. The fraction of sp³-hybridized carbons (Fsp3) is 0.259. The summed E-state index contributed by atoms with van der Waals surface area (Å²) in [6.45, 7) is 9.87. The van der Waals surface area contributed by atoms with Gasteiger partial charge in [0.25, 0.3) is 5.56 Å². The van der Waals surface area contributed by atoms with Gasteiger partial charge >= 0.3 is 0 Å². The molecule has 0 spiro atoms. The van der Waals surface area contributed by atoms with Crippen LogP contribution in [0.5, 0.6) is 5.75 Å². The third-order valence-corrected chi connectivity index (χ3v) is 7.21. The van der Waals surface area contributed by atoms with Crippen molar-refractivity contribution < 1.29 is 9.53 Å². The number of carbonyl (C=O) groups excluding carboxylic acids is 1. The molecule has 0 saturated carbocycles. The minimum atomic E-state index is -0.408. The average molecular weight is 553 g/mol. The molecule has 38 heavy (non-hydrogen) atoms. The van der Waals surface area contributed by atoms with Crippen molar-refractivity contribution in [3.05, 3.63) is 93.6 Å². The number of amides is 1. The molecule has 11 heteroatoms. The number of anilines is 1. The van der Waals surface area contributed by atoms with E-state index >= 15 is 0 Å². The van der Waals surface area contributed by atoms with Crippen molar-refractivity contribution in [2.75, 3.05) is 11.1 Å². The van der Waals surface area contributed by atoms with Gasteiger partial charge in [0, 0.05) is 18.6 Å². The number of hydrogen-bond donors (Lipinski definition) is 1. The lowest BCUT2D eigenvalue weighted by Crippen LogP contribution is -2.23. The molecule has 9 nitrogen and oxygen atoms in total. The Morgan fingerprint density at radius 1 is 1.21 bits per heavy atom. The molecule has 4 rings (SSSR count). The second-order valence-corrected chi connectivity index (χ2v) is 10.1. The molecule has 0 aliphatic heterocycles. The van der Waals surface area contributed by atoms with Crippen LogP contribution in [0.1, 0.15) is 30.1 Å². The first-order valence-electron chi connectivity index (χ1n) is 11.9. The third-order valence-electron chi connectivity index (χ3n) is 6.01. The van der Waals surface area contributed by atoms with E-state index in [1.165, 1.54) is 16.4 Å². The Labute approximate surface area is 230 Å². The maximum absolute atomic E-state index is 13.1. The van der Waals surface area contributed by atoms with Crippen molar-refractivity contribution in [1.29, 1.82) is 0 Å². The minimum Gasteiger partial charge on any atom is -0.482 e. The molecule has 2 aromatic carbocycles. The third kappa shape index (κ3) is 5.71. The van der Waals surface area contributed by atoms with Gasteiger partial charge in [0.2, 0.25) is 5.91 Å². The summed E-state index contributed by atoms with van der Waals surface area (Å²) in [5.74, 6) is 1.02. The normalized spacial score (nSPS) is 11.8. The monoisotopic (exact) mass is 552 g/mol. The zero-order chi connectivity index (χ0) is 27.4. The van der Waals surface area contributed by atoms with E-state index in [1.54, 1.807) is 30.8 Å². The second kappa shape index (κ2) is 11.7. The number of nitrogens with zero attached hydrogens (tertiary/aromatic N) is 5. The molecule has 0 saturated heterocycles. The number of nitrogens with one attached hydrogen (secondary N) is 1. The zero-order valence-corrected chi connectivity index (χ0v) is 23.2. The average Bonchev–Trinajstić information content (AvgIpc) is 3.39. The van der Waals surface area contributed by atoms with Crippen LogP contribution < -0.4 is 15.6 Å². The van der Waals surface area contributed by atoms with Crippen molar-refractivity contribution in [2.45, 2.75) is 38.6 Å². The van der Waals surface area contributed by atoms with E-state index in [-0.39, 0.29) is 22.9 Å². The van der Waals surface area contributed by atoms with E-state index in [2.05, 4.69) is 22.1 Å². The quantitative estimate of drug-likeness (QED) is 0.217. The van der Waals surface area contributed by atoms with E-state index in [0.717, 1.165) is 5.56 Å². The molecule has 0 aliphatic rings. The minimum absolute atomic E-state index is 0.0416. The molecule has 0 aliphatic carbocycles. The summed E-state index contributed by atoms with van der Waals surface area (Å²) in [6.07, 6.45) is 1.32. The van der Waals surface area contributed by atoms with Gasteiger partial charge in [-0.1, -0.05) is 47.6 Å². The number of aryl methyl sites for hydroxylation is 1. The fourth-order valence-electron chi connectivity index (χ4n) is 4.01. The largest absolute Gasteiger partial charge is 0.482 e. The summed E-state index contributed by atoms with van der Waals surface area (Å²) in [5, 5.41) is 12.6. The lowest BCUT2D eigenvalue weighted by Gasteiger charge is -2.17. The molecule has 1 N–H and O–H groups in total. The highest BCUT2D eigenvalue weighted by atomic mass is 35.5. The van der Waals surface area contributed by atoms with Crippen LogP contribution >= 0.6 is 23.4 Å². The van der Waals surface area contributed by atoms with Crippen LogP contribution in [0.3, 0.4) is 0 Å². The van der Waals surface area contributed by atoms with Crippen molar-refractivity contribution in [1.82, 2.24) is 24.1 Å². The van der Waals surface area contributed by atoms with Gasteiger partial charge < -0.3 is 10.1 Å². The number of benzene rings is 2. The summed E-state index contributed by atoms with van der Waals surface area (Å²) >= 11 is 7.28. The number of rotatable bonds is 10. The van der Waals surface area contributed by atoms with Crippen molar-refractivity contribution in [3.8, 4) is 11.4 Å². The highest BCUT2D eigenvalue weighted by molar-refractivity contribution is 7.99. The Bertz CT molecular complexity index is 1530. The number of thioether (sulfide) groups is 1. The molecular weight excluding hydrogens is 524 g/mol. The number of allylic oxidation sites excluding steroid dienone is 1. The van der Waals surface area contributed by atoms with E-state index < -0.39 is 6.10 Å². The van der Waals surface area contributed by atoms with Crippen LogP contribution in [-0.4, -0.2) is 35.8 Å². The number of ether oxygens (including phenoxy) is 1. The van der Waals surface area contributed by atoms with Gasteiger partial charge in [-0.25, -0.2) is 4.68 Å². The predicted octanol–water partition coefficient (Wildman–Crippen LogP) is 5.09. The van der Waals surface area contributed by atoms with Gasteiger partial charge in [0.15, 0.2) is 17.1 Å². The van der Waals surface area contributed by atoms with Gasteiger partial charge in [-0.3, -0.25) is 18.8 Å². The summed E-state index contributed by atoms with van der Waals surface area (Å²) < 4.78 is 11.2. The summed E-state index contributed by atoms with van der Waals surface area (Å²) in [7, 11) is 1.78. The lowest BCUT2D eigenvalue weighted by molar-refractivity contribution is -0.113. The van der Waals surface area contributed by atoms with Crippen LogP contribution in [0, 0.1) is 13.8 Å². The summed E-state index contributed by atoms with van der Waals surface area (Å²) in [5.41, 5.74) is 2.23. The molecule has 0 bridgehead atoms. The Hall–Kier alpha value is -3.76. The van der Waals surface area contributed by atoms with Crippen LogP contribution in [0.4, 0.5) is 5.69 Å². The first-order chi connectivity index (χ1) is 18.2. The predicted molar refractivity (Wildman–Crippen MR) is 151 cm³/mol. The smallest absolute Gasteiger partial charge is 0.295 e. The molecular formula is C27H29ClN6O3S. The topological polar surface area (TPSA) is 96.0 Å². The number of carbonyl (C=O) groups is 1. The molecule has 0 radical (unpaired) electrons. The summed E-state index contributed by atoms with van der Waals surface area (Å²) in [4.78, 5) is 26.0. The van der Waals surface area contributed by atoms with Crippen molar-refractivity contribution >= 4 is 35.0 Å². The molecule has 2 heterocycles. The molecule has 0 fully saturated rings. The standard InChI is InChI=1S/C27H29ClN6O3S/c1-6-14-33-25(19(4)37-22-13-12-20(28)15-17(22)2)30-31-27(33)38-16-23(35)29-24-18(3)32(5)34(26(24)36)21-10-8-7-9-11-21/h6-13,15,19H,1,14,16H2,2-5H3,(H,29,35). The molecule has 4 aromatic rings. The van der Waals surface area contributed by atoms with E-state index in [0.29, 0.717) is 39.7 Å². The van der Waals surface area contributed by atoms with Crippen LogP contribution in [0.2, 0.25) is 5.02 Å². The molecule has 198 valence electrons. The van der Waals surface area contributed by atoms with Crippen molar-refractivity contribution in [3.63, 3.8) is 0 Å². The van der Waals surface area contributed by atoms with Gasteiger partial charge in [0.05, 0.1) is 17.1 Å². The maximum atomic E-state index is 13.1. The Morgan fingerprint density at radius 3 is 2.63 bits per heavy atom. The van der Waals surface area contributed by atoms with E-state index in [4.69, 9.17) is 16.3 Å². The van der Waals surface area contributed by atoms with E-state index in [1.807, 2.05) is 60.9 Å². The van der Waals surface area contributed by atoms with Crippen LogP contribution in [0.15, 0.2) is 71.1 Å². The fourth-order valence-corrected chi connectivity index (χ4v) is 5.00. The first-order valence-corrected chi connectivity index (χ1v) is 13.3. The Kier molecular flexibility index (Phi) is 8.43. The highest BCUT2D eigenvalue weighted by Crippen LogP contribution is 2.28. The number of halogens is 1. The van der Waals surface area contributed by atoms with Crippen LogP contribution in [0.25, 0.3) is 5.69 Å². The van der Waals surface area contributed by atoms with Gasteiger partial charge in [-0.05, 0) is 56.7 Å². The number of para-hydroxylation sites is 1. The molecule has 1 amide bonds. The summed E-state index contributed by atoms with van der Waals surface area (Å²) in [6, 6.07) is 14.7. The first kappa shape index (κ1) is 27.3. The highest BCUT2D eigenvalue weighted by Gasteiger charge is 2.22. The van der Waals surface area contributed by atoms with Crippen LogP contribution in [-0.2, 0) is 18.4 Å². The Morgan fingerprint density at radius 2 is 1.95 bits per heavy atom. The second-order valence-electron chi connectivity index (χ2n) is 8.68. The van der Waals surface area contributed by atoms with E-state index in [9.17, 15) is 9.59 Å². The molecule has 1 unspecified atom stereocenters. The molecule has 2 aromatic heterocycles. The number of aromatic nitrogens is 5. The SMILES string of the molecule is C=CCn1c(SCC(=O)Nc2c(C)n(C)n(-c3ccccc3)c2=O)nnc1C(C)Oc1ccc(Cl)cc1C. The Balaban J connectivity index is 1.48. The van der Waals surface area contributed by atoms with Crippen molar-refractivity contribution in [2.24, 2.45) is 7.05 Å². The zero-order valence-electron chi connectivity index (χ0n) is 21.6. The van der Waals surface area contributed by atoms with Gasteiger partial charge in [-0.2, -0.15) is 0 Å². The molecule has 1 atom stereocenters. The lowest BCUT2D eigenvalue weighted by atomic mass is 10.2. The van der Waals surface area contributed by atoms with Gasteiger partial charge in [0.1, 0.15) is 11.4 Å². The van der Waals surface area contributed by atoms with Gasteiger partial charge in [-0.15, -0.1) is 16.8 Å².